The van der Waals surface area contributed by atoms with Gasteiger partial charge in [-0.2, -0.15) is 0 Å². The first-order valence-electron chi connectivity index (χ1n) is 14.5. The van der Waals surface area contributed by atoms with Gasteiger partial charge in [0, 0.05) is 18.8 Å². The van der Waals surface area contributed by atoms with Crippen molar-refractivity contribution < 1.29 is 28.2 Å². The summed E-state index contributed by atoms with van der Waals surface area (Å²) in [5.74, 6) is -0.716. The fourth-order valence-corrected chi connectivity index (χ4v) is 6.07. The summed E-state index contributed by atoms with van der Waals surface area (Å²) in [5.41, 5.74) is 10.3. The fourth-order valence-electron chi connectivity index (χ4n) is 5.07. The molecule has 1 atom stereocenters. The van der Waals surface area contributed by atoms with E-state index >= 15 is 0 Å². The van der Waals surface area contributed by atoms with E-state index in [-0.39, 0.29) is 30.4 Å². The minimum atomic E-state index is -3.88. The van der Waals surface area contributed by atoms with Crippen LogP contribution in [0.15, 0.2) is 66.7 Å². The van der Waals surface area contributed by atoms with E-state index < -0.39 is 22.0 Å². The van der Waals surface area contributed by atoms with Gasteiger partial charge in [0.2, 0.25) is 10.0 Å². The molecule has 1 fully saturated rings. The van der Waals surface area contributed by atoms with Crippen molar-refractivity contribution >= 4 is 21.6 Å². The predicted octanol–water partition coefficient (Wildman–Crippen LogP) is 3.96. The number of rotatable bonds is 14. The molecule has 3 aromatic rings. The van der Waals surface area contributed by atoms with Gasteiger partial charge < -0.3 is 26.0 Å². The average molecular weight is 596 g/mol. The van der Waals surface area contributed by atoms with E-state index in [4.69, 9.17) is 15.6 Å². The maximum Gasteiger partial charge on any atom is 0.268 e. The van der Waals surface area contributed by atoms with Crippen LogP contribution in [-0.2, 0) is 16.4 Å². The summed E-state index contributed by atoms with van der Waals surface area (Å²) in [4.78, 5) is 13.0. The summed E-state index contributed by atoms with van der Waals surface area (Å²) >= 11 is 0. The molecular formula is C32H41N3O6S. The second kappa shape index (κ2) is 15.2. The molecule has 1 amide bonds. The molecule has 6 N–H and O–H groups in total. The predicted molar refractivity (Wildman–Crippen MR) is 165 cm³/mol. The van der Waals surface area contributed by atoms with Gasteiger partial charge in [0.25, 0.3) is 5.91 Å². The largest absolute Gasteiger partial charge is 0.490 e. The second-order valence-electron chi connectivity index (χ2n) is 10.8. The molecule has 0 unspecified atom stereocenters. The van der Waals surface area contributed by atoms with Crippen molar-refractivity contribution in [1.29, 1.82) is 0 Å². The Morgan fingerprint density at radius 1 is 1.00 bits per heavy atom. The Hall–Kier alpha value is -3.44. The molecule has 0 aliphatic heterocycles. The smallest absolute Gasteiger partial charge is 0.268 e. The third kappa shape index (κ3) is 9.29. The van der Waals surface area contributed by atoms with Gasteiger partial charge in [-0.1, -0.05) is 48.9 Å². The van der Waals surface area contributed by atoms with Crippen LogP contribution in [0.3, 0.4) is 0 Å². The molecule has 0 radical (unpaired) electrons. The number of aliphatic hydroxyl groups excluding tert-OH is 2. The van der Waals surface area contributed by atoms with Crippen LogP contribution < -0.4 is 20.5 Å². The van der Waals surface area contributed by atoms with Gasteiger partial charge in [-0.15, -0.1) is 0 Å². The molecule has 0 spiro atoms. The molecule has 42 heavy (non-hydrogen) atoms. The Bertz CT molecular complexity index is 1420. The number of ether oxygens (including phenoxy) is 1. The summed E-state index contributed by atoms with van der Waals surface area (Å²) in [6.45, 7) is 0.847. The minimum absolute atomic E-state index is 0.0285. The molecule has 4 rings (SSSR count). The van der Waals surface area contributed by atoms with Gasteiger partial charge in [0.1, 0.15) is 5.75 Å². The standard InChI is InChI=1S/C32H41N3O6S/c33-27-7-4-6-26(20-27)30(37)22-34-17-16-23-10-12-24(13-11-23)25-14-15-29(32(38)35-42(39,40)19-5-18-36)31(21-25)41-28-8-2-1-3-9-28/h4,6-7,10-15,20-21,28,30,34,36-37H,1-3,5,8-9,16-19,22,33H2,(H,35,38)/t30-/m1/s1. The number of hydrogen-bond acceptors (Lipinski definition) is 8. The highest BCUT2D eigenvalue weighted by Crippen LogP contribution is 2.31. The number of hydrogen-bond donors (Lipinski definition) is 5. The first-order valence-corrected chi connectivity index (χ1v) is 16.2. The lowest BCUT2D eigenvalue weighted by atomic mass is 9.97. The Morgan fingerprint density at radius 2 is 1.74 bits per heavy atom. The Kier molecular flexibility index (Phi) is 11.4. The summed E-state index contributed by atoms with van der Waals surface area (Å²) in [5, 5.41) is 22.6. The first kappa shape index (κ1) is 31.5. The number of nitrogens with one attached hydrogen (secondary N) is 2. The number of amides is 1. The number of anilines is 1. The van der Waals surface area contributed by atoms with E-state index in [1.54, 1.807) is 30.3 Å². The topological polar surface area (TPSA) is 151 Å². The lowest BCUT2D eigenvalue weighted by molar-refractivity contribution is 0.0969. The van der Waals surface area contributed by atoms with Gasteiger partial charge in [-0.05, 0) is 91.6 Å². The molecule has 0 saturated heterocycles. The van der Waals surface area contributed by atoms with Crippen molar-refractivity contribution in [2.24, 2.45) is 0 Å². The highest BCUT2D eigenvalue weighted by atomic mass is 32.2. The van der Waals surface area contributed by atoms with Crippen LogP contribution in [0.5, 0.6) is 5.75 Å². The molecule has 9 nitrogen and oxygen atoms in total. The zero-order valence-electron chi connectivity index (χ0n) is 23.8. The number of carbonyl (C=O) groups is 1. The molecule has 1 aliphatic carbocycles. The molecule has 3 aromatic carbocycles. The van der Waals surface area contributed by atoms with E-state index in [1.807, 2.05) is 36.4 Å². The van der Waals surface area contributed by atoms with Gasteiger partial charge >= 0.3 is 0 Å². The van der Waals surface area contributed by atoms with Crippen molar-refractivity contribution in [3.63, 3.8) is 0 Å². The van der Waals surface area contributed by atoms with Crippen LogP contribution in [0.1, 0.15) is 66.1 Å². The quantitative estimate of drug-likeness (QED) is 0.139. The highest BCUT2D eigenvalue weighted by molar-refractivity contribution is 7.90. The molecule has 10 heteroatoms. The number of sulfonamides is 1. The van der Waals surface area contributed by atoms with Crippen LogP contribution >= 0.6 is 0 Å². The molecule has 0 aromatic heterocycles. The van der Waals surface area contributed by atoms with Crippen LogP contribution in [0, 0.1) is 0 Å². The normalized spacial score (nSPS) is 14.8. The summed E-state index contributed by atoms with van der Waals surface area (Å²) in [7, 11) is -3.88. The summed E-state index contributed by atoms with van der Waals surface area (Å²) < 4.78 is 33.0. The number of nitrogen functional groups attached to an aromatic ring is 1. The molecule has 1 saturated carbocycles. The summed E-state index contributed by atoms with van der Waals surface area (Å²) in [6.07, 6.45) is 5.20. The third-order valence-electron chi connectivity index (χ3n) is 7.40. The van der Waals surface area contributed by atoms with Crippen LogP contribution in [0.2, 0.25) is 0 Å². The Balaban J connectivity index is 1.41. The minimum Gasteiger partial charge on any atom is -0.490 e. The fraction of sp³-hybridized carbons (Fsp3) is 0.406. The van der Waals surface area contributed by atoms with Crippen molar-refractivity contribution in [2.75, 3.05) is 31.2 Å². The van der Waals surface area contributed by atoms with Crippen molar-refractivity contribution in [3.05, 3.63) is 83.4 Å². The van der Waals surface area contributed by atoms with E-state index in [0.29, 0.717) is 24.5 Å². The molecule has 0 bridgehead atoms. The van der Waals surface area contributed by atoms with E-state index in [2.05, 4.69) is 10.0 Å². The molecular weight excluding hydrogens is 554 g/mol. The summed E-state index contributed by atoms with van der Waals surface area (Å²) in [6, 6.07) is 20.5. The van der Waals surface area contributed by atoms with Crippen LogP contribution in [0.4, 0.5) is 5.69 Å². The van der Waals surface area contributed by atoms with Crippen molar-refractivity contribution in [1.82, 2.24) is 10.0 Å². The lowest BCUT2D eigenvalue weighted by Crippen LogP contribution is -2.33. The van der Waals surface area contributed by atoms with Crippen molar-refractivity contribution in [2.45, 2.75) is 57.2 Å². The molecule has 1 aliphatic rings. The Morgan fingerprint density at radius 3 is 2.45 bits per heavy atom. The highest BCUT2D eigenvalue weighted by Gasteiger charge is 2.23. The lowest BCUT2D eigenvalue weighted by Gasteiger charge is -2.24. The monoisotopic (exact) mass is 595 g/mol. The first-order chi connectivity index (χ1) is 20.2. The van der Waals surface area contributed by atoms with Gasteiger partial charge in [-0.3, -0.25) is 4.79 Å². The van der Waals surface area contributed by atoms with E-state index in [1.165, 1.54) is 0 Å². The zero-order chi connectivity index (χ0) is 30.0. The molecule has 226 valence electrons. The van der Waals surface area contributed by atoms with Gasteiger partial charge in [0.05, 0.1) is 23.5 Å². The number of carbonyl (C=O) groups excluding carboxylic acids is 1. The maximum absolute atomic E-state index is 13.0. The van der Waals surface area contributed by atoms with Crippen LogP contribution in [0.25, 0.3) is 11.1 Å². The number of nitrogens with two attached hydrogens (primary N) is 1. The van der Waals surface area contributed by atoms with Gasteiger partial charge in [-0.25, -0.2) is 13.1 Å². The van der Waals surface area contributed by atoms with E-state index in [0.717, 1.165) is 60.8 Å². The van der Waals surface area contributed by atoms with E-state index in [9.17, 15) is 18.3 Å². The number of aliphatic hydroxyl groups is 2. The third-order valence-corrected chi connectivity index (χ3v) is 8.72. The average Bonchev–Trinajstić information content (AvgIpc) is 2.99. The van der Waals surface area contributed by atoms with Gasteiger partial charge in [0.15, 0.2) is 0 Å². The SMILES string of the molecule is Nc1cccc([C@H](O)CNCCc2ccc(-c3ccc(C(=O)NS(=O)(=O)CCCO)c(OC4CCCCC4)c3)cc2)c1. The second-order valence-corrected chi connectivity index (χ2v) is 12.6. The number of benzene rings is 3. The zero-order valence-corrected chi connectivity index (χ0v) is 24.6. The van der Waals surface area contributed by atoms with Crippen molar-refractivity contribution in [3.8, 4) is 16.9 Å². The van der Waals surface area contributed by atoms with Crippen LogP contribution in [-0.4, -0.2) is 56.1 Å². The Labute approximate surface area is 248 Å². The molecule has 0 heterocycles. The maximum atomic E-state index is 13.0.